The Kier molecular flexibility index (Phi) is 8.41. The van der Waals surface area contributed by atoms with Gasteiger partial charge in [0.15, 0.2) is 11.2 Å². The highest BCUT2D eigenvalue weighted by Crippen LogP contribution is 2.45. The van der Waals surface area contributed by atoms with Crippen molar-refractivity contribution in [1.29, 1.82) is 10.7 Å². The van der Waals surface area contributed by atoms with E-state index in [9.17, 15) is 19.0 Å². The van der Waals surface area contributed by atoms with Gasteiger partial charge in [-0.05, 0) is 80.3 Å². The first-order chi connectivity index (χ1) is 20.2. The lowest BCUT2D eigenvalue weighted by Gasteiger charge is -2.18. The molecule has 42 heavy (non-hydrogen) atoms. The monoisotopic (exact) mass is 594 g/mol. The van der Waals surface area contributed by atoms with Gasteiger partial charge < -0.3 is 9.87 Å². The lowest BCUT2D eigenvalue weighted by molar-refractivity contribution is -0.102. The molecule has 210 valence electrons. The Morgan fingerprint density at radius 2 is 1.90 bits per heavy atom. The third-order valence-electron chi connectivity index (χ3n) is 6.63. The average Bonchev–Trinajstić information content (AvgIpc) is 3.58. The summed E-state index contributed by atoms with van der Waals surface area (Å²) in [6, 6.07) is 23.3. The quantitative estimate of drug-likeness (QED) is 0.105. The number of aldehydes is 1. The van der Waals surface area contributed by atoms with E-state index < -0.39 is 17.2 Å². The smallest absolute Gasteiger partial charge is 0.180 e. The molecule has 2 heterocycles. The zero-order chi connectivity index (χ0) is 30.0. The van der Waals surface area contributed by atoms with Gasteiger partial charge in [-0.15, -0.1) is 11.3 Å². The molecule has 0 amide bonds. The summed E-state index contributed by atoms with van der Waals surface area (Å²) in [6.07, 6.45) is 1.94. The topological polar surface area (TPSA) is 105 Å². The lowest BCUT2D eigenvalue weighted by atomic mass is 9.97. The van der Waals surface area contributed by atoms with Crippen molar-refractivity contribution in [1.82, 2.24) is 9.29 Å². The first kappa shape index (κ1) is 29.0. The van der Waals surface area contributed by atoms with Crippen LogP contribution in [0.2, 0.25) is 0 Å². The van der Waals surface area contributed by atoms with Crippen molar-refractivity contribution < 1.29 is 13.7 Å². The van der Waals surface area contributed by atoms with E-state index in [2.05, 4.69) is 11.4 Å². The fraction of sp³-hybridized carbons (Fsp3) is 0.121. The zero-order valence-corrected chi connectivity index (χ0v) is 24.8. The standard InChI is InChI=1S/C33H27FN4O2S2/c1-20(2)37-29(17-25(36)19-39)22-5-4-6-23(15-22)33-32(27-13-14-41-31(27)18-35)28-16-24(34)9-12-30(28)38(33)42(40)26-10-7-21(3)8-11-26/h4-17,19-20,36-37H,1-3H3/b29-17-,36-25?. The number of nitrogens with one attached hydrogen (secondary N) is 2. The van der Waals surface area contributed by atoms with Gasteiger partial charge in [-0.1, -0.05) is 35.9 Å². The number of nitrogens with zero attached hydrogens (tertiary/aromatic N) is 2. The van der Waals surface area contributed by atoms with Crippen LogP contribution in [0.5, 0.6) is 0 Å². The summed E-state index contributed by atoms with van der Waals surface area (Å²) >= 11 is -0.445. The predicted octanol–water partition coefficient (Wildman–Crippen LogP) is 7.48. The average molecular weight is 595 g/mol. The van der Waals surface area contributed by atoms with Crippen LogP contribution in [0.25, 0.3) is 39.0 Å². The molecular formula is C33H27FN4O2S2. The highest BCUT2D eigenvalue weighted by Gasteiger charge is 2.30. The van der Waals surface area contributed by atoms with Gasteiger partial charge in [0.2, 0.25) is 0 Å². The zero-order valence-electron chi connectivity index (χ0n) is 23.1. The fourth-order valence-corrected chi connectivity index (χ4v) is 6.81. The van der Waals surface area contributed by atoms with Gasteiger partial charge in [0.1, 0.15) is 33.8 Å². The largest absolute Gasteiger partial charge is 0.587 e. The van der Waals surface area contributed by atoms with Crippen molar-refractivity contribution in [3.05, 3.63) is 106 Å². The fourth-order valence-electron chi connectivity index (χ4n) is 4.84. The van der Waals surface area contributed by atoms with Gasteiger partial charge in [0.25, 0.3) is 0 Å². The highest BCUT2D eigenvalue weighted by atomic mass is 32.2. The van der Waals surface area contributed by atoms with Crippen molar-refractivity contribution in [3.8, 4) is 28.5 Å². The number of hydrogen-bond acceptors (Lipinski definition) is 6. The minimum absolute atomic E-state index is 0.0161. The summed E-state index contributed by atoms with van der Waals surface area (Å²) in [5, 5.41) is 23.5. The summed E-state index contributed by atoms with van der Waals surface area (Å²) in [6.45, 7) is 5.87. The Balaban J connectivity index is 1.87. The van der Waals surface area contributed by atoms with E-state index in [1.54, 1.807) is 10.0 Å². The highest BCUT2D eigenvalue weighted by molar-refractivity contribution is 7.90. The van der Waals surface area contributed by atoms with Crippen LogP contribution in [0.1, 0.15) is 29.9 Å². The number of benzene rings is 3. The number of halogens is 1. The van der Waals surface area contributed by atoms with E-state index in [1.807, 2.05) is 80.7 Å². The summed E-state index contributed by atoms with van der Waals surface area (Å²) in [4.78, 5) is 12.3. The molecule has 2 aromatic heterocycles. The molecule has 6 nitrogen and oxygen atoms in total. The van der Waals surface area contributed by atoms with Crippen molar-refractivity contribution in [2.45, 2.75) is 31.7 Å². The maximum Gasteiger partial charge on any atom is 0.180 e. The van der Waals surface area contributed by atoms with E-state index >= 15 is 0 Å². The molecule has 0 aliphatic rings. The van der Waals surface area contributed by atoms with Crippen molar-refractivity contribution in [3.63, 3.8) is 0 Å². The Morgan fingerprint density at radius 3 is 2.60 bits per heavy atom. The van der Waals surface area contributed by atoms with Crippen molar-refractivity contribution in [2.24, 2.45) is 0 Å². The van der Waals surface area contributed by atoms with Crippen LogP contribution in [0.4, 0.5) is 4.39 Å². The van der Waals surface area contributed by atoms with Gasteiger partial charge in [-0.3, -0.25) is 10.2 Å². The molecule has 0 bridgehead atoms. The van der Waals surface area contributed by atoms with Crippen LogP contribution >= 0.6 is 11.3 Å². The summed E-state index contributed by atoms with van der Waals surface area (Å²) in [7, 11) is 0. The van der Waals surface area contributed by atoms with E-state index in [4.69, 9.17) is 5.41 Å². The summed E-state index contributed by atoms with van der Waals surface area (Å²) in [5.74, 6) is -0.449. The van der Waals surface area contributed by atoms with Crippen LogP contribution in [0, 0.1) is 29.5 Å². The Bertz CT molecular complexity index is 1880. The molecule has 1 unspecified atom stereocenters. The third kappa shape index (κ3) is 5.65. The number of nitriles is 1. The molecule has 0 aliphatic carbocycles. The third-order valence-corrected chi connectivity index (χ3v) is 8.83. The number of aromatic nitrogens is 1. The Morgan fingerprint density at radius 1 is 1.14 bits per heavy atom. The number of hydrogen-bond donors (Lipinski definition) is 2. The number of carbonyl (C=O) groups is 1. The predicted molar refractivity (Wildman–Crippen MR) is 168 cm³/mol. The first-order valence-corrected chi connectivity index (χ1v) is 15.1. The molecule has 1 atom stereocenters. The lowest BCUT2D eigenvalue weighted by Crippen LogP contribution is -2.22. The number of fused-ring (bicyclic) bond motifs is 1. The molecule has 9 heteroatoms. The number of rotatable bonds is 9. The first-order valence-electron chi connectivity index (χ1n) is 13.2. The summed E-state index contributed by atoms with van der Waals surface area (Å²) in [5.41, 5.74) is 5.12. The van der Waals surface area contributed by atoms with E-state index in [0.29, 0.717) is 60.6 Å². The van der Waals surface area contributed by atoms with Crippen LogP contribution in [0.3, 0.4) is 0 Å². The maximum absolute atomic E-state index is 14.8. The number of carbonyl (C=O) groups excluding carboxylic acids is 1. The second-order valence-corrected chi connectivity index (χ2v) is 12.3. The molecule has 5 rings (SSSR count). The molecule has 0 spiro atoms. The molecule has 2 N–H and O–H groups in total. The molecule has 0 saturated carbocycles. The number of aryl methyl sites for hydroxylation is 1. The van der Waals surface area contributed by atoms with E-state index in [1.165, 1.54) is 29.5 Å². The van der Waals surface area contributed by atoms with Crippen LogP contribution in [0.15, 0.2) is 89.1 Å². The molecule has 3 aromatic carbocycles. The van der Waals surface area contributed by atoms with E-state index in [-0.39, 0.29) is 11.8 Å². The second-order valence-electron chi connectivity index (χ2n) is 10.0. The van der Waals surface area contributed by atoms with Gasteiger partial charge >= 0.3 is 0 Å². The van der Waals surface area contributed by atoms with Gasteiger partial charge in [-0.2, -0.15) is 9.23 Å². The molecule has 0 fully saturated rings. The van der Waals surface area contributed by atoms with Gasteiger partial charge in [-0.25, -0.2) is 4.39 Å². The maximum atomic E-state index is 14.8. The minimum Gasteiger partial charge on any atom is -0.587 e. The Labute approximate surface area is 250 Å². The van der Waals surface area contributed by atoms with Crippen molar-refractivity contribution >= 4 is 51.3 Å². The van der Waals surface area contributed by atoms with Crippen LogP contribution in [-0.4, -0.2) is 26.6 Å². The molecule has 0 aliphatic heterocycles. The molecular weight excluding hydrogens is 568 g/mol. The minimum atomic E-state index is -1.73. The van der Waals surface area contributed by atoms with E-state index in [0.717, 1.165) is 5.56 Å². The number of thiophene rings is 1. The van der Waals surface area contributed by atoms with Crippen LogP contribution < -0.4 is 5.32 Å². The van der Waals surface area contributed by atoms with Gasteiger partial charge in [0, 0.05) is 33.8 Å². The van der Waals surface area contributed by atoms with Crippen molar-refractivity contribution in [2.75, 3.05) is 0 Å². The normalized spacial score (nSPS) is 12.4. The molecule has 0 radical (unpaired) electrons. The SMILES string of the molecule is Cc1ccc([S+]([O-])n2c(-c3cccc(/C(=C/C(=N)C=O)NC(C)C)c3)c(-c3ccsc3C#N)c3cc(F)ccc32)cc1. The van der Waals surface area contributed by atoms with Gasteiger partial charge in [0.05, 0.1) is 11.2 Å². The molecule has 0 saturated heterocycles. The number of allylic oxidation sites excluding steroid dienone is 1. The second kappa shape index (κ2) is 12.2. The Hall–Kier alpha value is -4.49. The van der Waals surface area contributed by atoms with Crippen LogP contribution in [-0.2, 0) is 16.2 Å². The summed E-state index contributed by atoms with van der Waals surface area (Å²) < 4.78 is 30.8. The molecule has 5 aromatic rings.